The van der Waals surface area contributed by atoms with Crippen molar-refractivity contribution in [2.45, 2.75) is 28.7 Å². The summed E-state index contributed by atoms with van der Waals surface area (Å²) in [5.41, 5.74) is 0.933. The lowest BCUT2D eigenvalue weighted by Gasteiger charge is -2.35. The molecule has 2 heterocycles. The number of piperidine rings is 1. The van der Waals surface area contributed by atoms with Crippen molar-refractivity contribution in [3.8, 4) is 5.88 Å². The number of anilines is 2. The van der Waals surface area contributed by atoms with Gasteiger partial charge in [-0.15, -0.1) is 0 Å². The monoisotopic (exact) mass is 550 g/mol. The molecule has 3 aromatic rings. The summed E-state index contributed by atoms with van der Waals surface area (Å²) in [6, 6.07) is 15.6. The molecule has 12 heteroatoms. The number of ether oxygens (including phenoxy) is 1. The van der Waals surface area contributed by atoms with Crippen LogP contribution in [-0.2, 0) is 20.0 Å². The number of aromatic nitrogens is 1. The Balaban J connectivity index is 1.51. The minimum atomic E-state index is -4.00. The third-order valence-corrected chi connectivity index (χ3v) is 9.34. The van der Waals surface area contributed by atoms with Gasteiger partial charge >= 0.3 is 0 Å². The number of sulfonamides is 2. The number of pyridine rings is 1. The average molecular weight is 551 g/mol. The van der Waals surface area contributed by atoms with Crippen molar-refractivity contribution in [3.05, 3.63) is 71.9 Å². The fourth-order valence-corrected chi connectivity index (χ4v) is 6.17. The zero-order valence-electron chi connectivity index (χ0n) is 19.8. The van der Waals surface area contributed by atoms with Crippen LogP contribution in [0.3, 0.4) is 0 Å². The first-order chi connectivity index (χ1) is 17.1. The van der Waals surface area contributed by atoms with Crippen LogP contribution in [0.1, 0.15) is 12.8 Å². The van der Waals surface area contributed by atoms with Gasteiger partial charge in [-0.3, -0.25) is 4.72 Å². The second-order valence-electron chi connectivity index (χ2n) is 8.47. The van der Waals surface area contributed by atoms with E-state index in [1.165, 1.54) is 38.4 Å². The molecule has 1 N–H and O–H groups in total. The second kappa shape index (κ2) is 10.6. The van der Waals surface area contributed by atoms with Crippen LogP contribution in [0.4, 0.5) is 11.4 Å². The van der Waals surface area contributed by atoms with Gasteiger partial charge in [0.1, 0.15) is 6.10 Å². The van der Waals surface area contributed by atoms with Crippen LogP contribution in [-0.4, -0.2) is 59.4 Å². The van der Waals surface area contributed by atoms with Gasteiger partial charge in [0.05, 0.1) is 26.2 Å². The highest BCUT2D eigenvalue weighted by molar-refractivity contribution is 7.92. The molecule has 0 saturated carbocycles. The average Bonchev–Trinajstić information content (AvgIpc) is 2.85. The molecule has 0 spiro atoms. The molecule has 0 unspecified atom stereocenters. The van der Waals surface area contributed by atoms with Crippen LogP contribution in [0.5, 0.6) is 5.88 Å². The number of benzene rings is 2. The Morgan fingerprint density at radius 1 is 0.944 bits per heavy atom. The Hall–Kier alpha value is -2.86. The maximum Gasteiger partial charge on any atom is 0.261 e. The number of rotatable bonds is 8. The van der Waals surface area contributed by atoms with E-state index in [9.17, 15) is 16.8 Å². The lowest BCUT2D eigenvalue weighted by atomic mass is 10.1. The van der Waals surface area contributed by atoms with Crippen LogP contribution in [0.2, 0.25) is 5.02 Å². The van der Waals surface area contributed by atoms with Crippen molar-refractivity contribution in [3.63, 3.8) is 0 Å². The molecule has 1 saturated heterocycles. The SMILES string of the molecule is CN(C)S(=O)(=O)c1ccc(S(=O)(=O)Nc2cccc(Cl)c2N2CCC(Oc3ccccn3)CC2)cc1. The molecule has 1 aromatic heterocycles. The molecular formula is C24H27ClN4O5S2. The van der Waals surface area contributed by atoms with E-state index >= 15 is 0 Å². The fraction of sp³-hybridized carbons (Fsp3) is 0.292. The van der Waals surface area contributed by atoms with Gasteiger partial charge in [-0.2, -0.15) is 0 Å². The van der Waals surface area contributed by atoms with Gasteiger partial charge in [-0.05, 0) is 42.5 Å². The molecule has 1 aliphatic rings. The van der Waals surface area contributed by atoms with Crippen molar-refractivity contribution in [1.29, 1.82) is 0 Å². The molecule has 1 aliphatic heterocycles. The predicted octanol–water partition coefficient (Wildman–Crippen LogP) is 3.83. The van der Waals surface area contributed by atoms with E-state index in [1.54, 1.807) is 24.4 Å². The summed E-state index contributed by atoms with van der Waals surface area (Å²) in [7, 11) is -4.85. The molecule has 0 amide bonds. The molecule has 0 aliphatic carbocycles. The molecule has 0 radical (unpaired) electrons. The highest BCUT2D eigenvalue weighted by Crippen LogP contribution is 2.37. The Morgan fingerprint density at radius 3 is 2.22 bits per heavy atom. The standard InChI is InChI=1S/C24H27ClN4O5S2/c1-28(2)36(32,33)20-11-9-19(10-12-20)35(30,31)27-22-7-5-6-21(25)24(22)29-16-13-18(14-17-29)34-23-8-3-4-15-26-23/h3-12,15,18,27H,13-14,16-17H2,1-2H3. The first kappa shape index (κ1) is 26.2. The molecule has 0 atom stereocenters. The van der Waals surface area contributed by atoms with Crippen LogP contribution in [0, 0.1) is 0 Å². The van der Waals surface area contributed by atoms with Crippen LogP contribution in [0.25, 0.3) is 0 Å². The van der Waals surface area contributed by atoms with Crippen molar-refractivity contribution in [2.75, 3.05) is 36.8 Å². The van der Waals surface area contributed by atoms with E-state index in [2.05, 4.69) is 9.71 Å². The van der Waals surface area contributed by atoms with Gasteiger partial charge in [-0.25, -0.2) is 26.1 Å². The molecule has 192 valence electrons. The molecule has 0 bridgehead atoms. The van der Waals surface area contributed by atoms with E-state index in [0.29, 0.717) is 35.4 Å². The summed E-state index contributed by atoms with van der Waals surface area (Å²) < 4.78 is 60.5. The zero-order chi connectivity index (χ0) is 25.9. The summed E-state index contributed by atoms with van der Waals surface area (Å²) in [4.78, 5) is 6.18. The number of nitrogens with one attached hydrogen (secondary N) is 1. The fourth-order valence-electron chi connectivity index (χ4n) is 3.91. The summed E-state index contributed by atoms with van der Waals surface area (Å²) in [6.45, 7) is 1.24. The Morgan fingerprint density at radius 2 is 1.61 bits per heavy atom. The third kappa shape index (κ3) is 5.75. The summed E-state index contributed by atoms with van der Waals surface area (Å²) in [5.74, 6) is 0.576. The summed E-state index contributed by atoms with van der Waals surface area (Å²) >= 11 is 6.52. The van der Waals surface area contributed by atoms with Crippen molar-refractivity contribution < 1.29 is 21.6 Å². The van der Waals surface area contributed by atoms with Gasteiger partial charge in [-0.1, -0.05) is 23.7 Å². The van der Waals surface area contributed by atoms with Crippen molar-refractivity contribution >= 4 is 43.0 Å². The van der Waals surface area contributed by atoms with Gasteiger partial charge in [0.2, 0.25) is 15.9 Å². The lowest BCUT2D eigenvalue weighted by molar-refractivity contribution is 0.164. The van der Waals surface area contributed by atoms with Crippen LogP contribution < -0.4 is 14.4 Å². The number of hydrogen-bond acceptors (Lipinski definition) is 7. The highest BCUT2D eigenvalue weighted by Gasteiger charge is 2.26. The summed E-state index contributed by atoms with van der Waals surface area (Å²) in [6.07, 6.45) is 3.11. The molecule has 4 rings (SSSR count). The maximum atomic E-state index is 13.1. The topological polar surface area (TPSA) is 109 Å². The van der Waals surface area contributed by atoms with Crippen molar-refractivity contribution in [1.82, 2.24) is 9.29 Å². The number of hydrogen-bond donors (Lipinski definition) is 1. The van der Waals surface area contributed by atoms with Crippen LogP contribution >= 0.6 is 11.6 Å². The van der Waals surface area contributed by atoms with Gasteiger partial charge in [0, 0.05) is 52.3 Å². The number of para-hydroxylation sites is 1. The van der Waals surface area contributed by atoms with E-state index < -0.39 is 20.0 Å². The van der Waals surface area contributed by atoms with E-state index in [-0.39, 0.29) is 15.9 Å². The number of halogens is 1. The first-order valence-electron chi connectivity index (χ1n) is 11.2. The Labute approximate surface area is 216 Å². The smallest absolute Gasteiger partial charge is 0.261 e. The largest absolute Gasteiger partial charge is 0.474 e. The van der Waals surface area contributed by atoms with Gasteiger partial charge in [0.15, 0.2) is 0 Å². The van der Waals surface area contributed by atoms with E-state index in [4.69, 9.17) is 16.3 Å². The molecule has 1 fully saturated rings. The zero-order valence-corrected chi connectivity index (χ0v) is 22.2. The van der Waals surface area contributed by atoms with Gasteiger partial charge in [0.25, 0.3) is 10.0 Å². The third-order valence-electron chi connectivity index (χ3n) is 5.83. The maximum absolute atomic E-state index is 13.1. The number of nitrogens with zero attached hydrogens (tertiary/aromatic N) is 3. The Bertz CT molecular complexity index is 1410. The lowest BCUT2D eigenvalue weighted by Crippen LogP contribution is -2.39. The van der Waals surface area contributed by atoms with E-state index in [1.807, 2.05) is 23.1 Å². The molecule has 9 nitrogen and oxygen atoms in total. The van der Waals surface area contributed by atoms with Crippen LogP contribution in [0.15, 0.2) is 76.7 Å². The molecule has 2 aromatic carbocycles. The quantitative estimate of drug-likeness (QED) is 0.454. The second-order valence-corrected chi connectivity index (χ2v) is 12.7. The molecular weight excluding hydrogens is 524 g/mol. The minimum absolute atomic E-state index is 0.00395. The normalized spacial score (nSPS) is 15.2. The minimum Gasteiger partial charge on any atom is -0.474 e. The predicted molar refractivity (Wildman–Crippen MR) is 140 cm³/mol. The first-order valence-corrected chi connectivity index (χ1v) is 14.5. The van der Waals surface area contributed by atoms with E-state index in [0.717, 1.165) is 17.1 Å². The highest BCUT2D eigenvalue weighted by atomic mass is 35.5. The van der Waals surface area contributed by atoms with Gasteiger partial charge < -0.3 is 9.64 Å². The van der Waals surface area contributed by atoms with Crippen molar-refractivity contribution in [2.24, 2.45) is 0 Å². The molecule has 36 heavy (non-hydrogen) atoms. The summed E-state index contributed by atoms with van der Waals surface area (Å²) in [5, 5.41) is 0.423. The Kier molecular flexibility index (Phi) is 7.74.